The summed E-state index contributed by atoms with van der Waals surface area (Å²) < 4.78 is 22.0. The van der Waals surface area contributed by atoms with E-state index in [0.29, 0.717) is 11.7 Å². The van der Waals surface area contributed by atoms with Crippen molar-refractivity contribution in [2.24, 2.45) is 11.3 Å². The molecule has 2 fully saturated rings. The van der Waals surface area contributed by atoms with Gasteiger partial charge in [0.1, 0.15) is 9.84 Å². The van der Waals surface area contributed by atoms with Crippen LogP contribution in [0.1, 0.15) is 6.42 Å². The first-order valence-corrected chi connectivity index (χ1v) is 5.96. The normalized spacial score (nSPS) is 42.1. The lowest BCUT2D eigenvalue weighted by Crippen LogP contribution is -2.23. The molecule has 4 heteroatoms. The highest BCUT2D eigenvalue weighted by molar-refractivity contribution is 7.90. The van der Waals surface area contributed by atoms with E-state index in [1.54, 1.807) is 0 Å². The van der Waals surface area contributed by atoms with Crippen molar-refractivity contribution < 1.29 is 8.42 Å². The summed E-state index contributed by atoms with van der Waals surface area (Å²) in [6, 6.07) is 0. The van der Waals surface area contributed by atoms with Gasteiger partial charge in [0.2, 0.25) is 0 Å². The SMILES string of the molecule is CS(=O)(=O)C[C@]12CNCC1C2. The summed E-state index contributed by atoms with van der Waals surface area (Å²) in [4.78, 5) is 0. The lowest BCUT2D eigenvalue weighted by Gasteiger charge is -2.08. The minimum absolute atomic E-state index is 0.146. The van der Waals surface area contributed by atoms with Crippen molar-refractivity contribution >= 4 is 9.84 Å². The molecule has 1 heterocycles. The van der Waals surface area contributed by atoms with Gasteiger partial charge in [0.05, 0.1) is 5.75 Å². The van der Waals surface area contributed by atoms with Gasteiger partial charge in [0, 0.05) is 18.2 Å². The molecule has 1 saturated heterocycles. The van der Waals surface area contributed by atoms with E-state index >= 15 is 0 Å². The third-order valence-corrected chi connectivity index (χ3v) is 3.88. The number of fused-ring (bicyclic) bond motifs is 1. The van der Waals surface area contributed by atoms with Crippen molar-refractivity contribution in [3.8, 4) is 0 Å². The predicted octanol–water partition coefficient (Wildman–Crippen LogP) is -0.360. The third-order valence-electron chi connectivity index (χ3n) is 2.78. The lowest BCUT2D eigenvalue weighted by molar-refractivity contribution is 0.545. The Balaban J connectivity index is 2.08. The fourth-order valence-corrected chi connectivity index (χ4v) is 3.68. The molecule has 1 unspecified atom stereocenters. The van der Waals surface area contributed by atoms with Gasteiger partial charge in [-0.25, -0.2) is 8.42 Å². The first-order chi connectivity index (χ1) is 5.02. The molecule has 2 aliphatic rings. The van der Waals surface area contributed by atoms with Gasteiger partial charge in [-0.2, -0.15) is 0 Å². The van der Waals surface area contributed by atoms with Crippen molar-refractivity contribution in [3.63, 3.8) is 0 Å². The van der Waals surface area contributed by atoms with Crippen molar-refractivity contribution in [1.29, 1.82) is 0 Å². The highest BCUT2D eigenvalue weighted by Crippen LogP contribution is 2.55. The molecule has 0 bridgehead atoms. The number of nitrogens with one attached hydrogen (secondary N) is 1. The maximum Gasteiger partial charge on any atom is 0.148 e. The molecule has 0 amide bonds. The van der Waals surface area contributed by atoms with E-state index in [9.17, 15) is 8.42 Å². The maximum atomic E-state index is 11.0. The van der Waals surface area contributed by atoms with Crippen LogP contribution in [0.25, 0.3) is 0 Å². The monoisotopic (exact) mass is 175 g/mol. The summed E-state index contributed by atoms with van der Waals surface area (Å²) in [7, 11) is -2.76. The van der Waals surface area contributed by atoms with E-state index in [0.717, 1.165) is 19.5 Å². The Kier molecular flexibility index (Phi) is 1.36. The van der Waals surface area contributed by atoms with Crippen molar-refractivity contribution in [2.45, 2.75) is 6.42 Å². The average molecular weight is 175 g/mol. The Hall–Kier alpha value is -0.0900. The lowest BCUT2D eigenvalue weighted by atomic mass is 10.1. The molecule has 0 radical (unpaired) electrons. The molecule has 0 aromatic heterocycles. The van der Waals surface area contributed by atoms with Gasteiger partial charge >= 0.3 is 0 Å². The standard InChI is InChI=1S/C7H13NO2S/c1-11(9,10)5-7-2-6(7)3-8-4-7/h6,8H,2-5H2,1H3/t6?,7-/m0/s1. The molecule has 2 atom stereocenters. The summed E-state index contributed by atoms with van der Waals surface area (Å²) in [6.45, 7) is 1.93. The molecular weight excluding hydrogens is 162 g/mol. The van der Waals surface area contributed by atoms with Gasteiger partial charge < -0.3 is 5.32 Å². The highest BCUT2D eigenvalue weighted by atomic mass is 32.2. The Morgan fingerprint density at radius 1 is 1.64 bits per heavy atom. The number of sulfone groups is 1. The van der Waals surface area contributed by atoms with Crippen molar-refractivity contribution in [2.75, 3.05) is 25.1 Å². The molecule has 0 aromatic carbocycles. The van der Waals surface area contributed by atoms with Crippen LogP contribution in [0, 0.1) is 11.3 Å². The summed E-state index contributed by atoms with van der Waals surface area (Å²) in [5.74, 6) is 1.04. The number of rotatable bonds is 2. The molecule has 3 nitrogen and oxygen atoms in total. The van der Waals surface area contributed by atoms with Crippen molar-refractivity contribution in [3.05, 3.63) is 0 Å². The van der Waals surface area contributed by atoms with Gasteiger partial charge in [0.25, 0.3) is 0 Å². The summed E-state index contributed by atoms with van der Waals surface area (Å²) >= 11 is 0. The second-order valence-corrected chi connectivity index (χ2v) is 6.10. The van der Waals surface area contributed by atoms with Crippen LogP contribution < -0.4 is 5.32 Å². The zero-order valence-electron chi connectivity index (χ0n) is 6.63. The molecule has 0 aromatic rings. The van der Waals surface area contributed by atoms with Crippen LogP contribution in [0.2, 0.25) is 0 Å². The molecule has 2 rings (SSSR count). The number of hydrogen-bond donors (Lipinski definition) is 1. The Bertz CT molecular complexity index is 272. The largest absolute Gasteiger partial charge is 0.316 e. The van der Waals surface area contributed by atoms with Gasteiger partial charge in [-0.05, 0) is 18.9 Å². The van der Waals surface area contributed by atoms with Crippen LogP contribution in [-0.2, 0) is 9.84 Å². The van der Waals surface area contributed by atoms with Crippen LogP contribution in [-0.4, -0.2) is 33.5 Å². The van der Waals surface area contributed by atoms with Gasteiger partial charge in [-0.15, -0.1) is 0 Å². The molecule has 64 valence electrons. The average Bonchev–Trinajstić information content (AvgIpc) is 2.30. The highest BCUT2D eigenvalue weighted by Gasteiger charge is 2.58. The second kappa shape index (κ2) is 1.98. The predicted molar refractivity (Wildman–Crippen MR) is 43.1 cm³/mol. The smallest absolute Gasteiger partial charge is 0.148 e. The second-order valence-electron chi connectivity index (χ2n) is 3.96. The van der Waals surface area contributed by atoms with E-state index in [1.807, 2.05) is 0 Å². The van der Waals surface area contributed by atoms with Crippen molar-refractivity contribution in [1.82, 2.24) is 5.32 Å². The minimum atomic E-state index is -2.76. The minimum Gasteiger partial charge on any atom is -0.316 e. The Morgan fingerprint density at radius 2 is 2.36 bits per heavy atom. The van der Waals surface area contributed by atoms with Gasteiger partial charge in [0.15, 0.2) is 0 Å². The zero-order valence-corrected chi connectivity index (χ0v) is 7.45. The molecule has 1 saturated carbocycles. The number of piperidine rings is 1. The first kappa shape index (κ1) is 7.55. The summed E-state index contributed by atoms with van der Waals surface area (Å²) in [5, 5.41) is 3.22. The Labute approximate surface area is 67.1 Å². The summed E-state index contributed by atoms with van der Waals surface area (Å²) in [5.41, 5.74) is 0.146. The molecule has 0 spiro atoms. The number of hydrogen-bond acceptors (Lipinski definition) is 3. The van der Waals surface area contributed by atoms with E-state index in [2.05, 4.69) is 5.32 Å². The fourth-order valence-electron chi connectivity index (χ4n) is 2.18. The molecule has 11 heavy (non-hydrogen) atoms. The van der Waals surface area contributed by atoms with E-state index < -0.39 is 9.84 Å². The fraction of sp³-hybridized carbons (Fsp3) is 1.00. The van der Waals surface area contributed by atoms with Crippen LogP contribution in [0.5, 0.6) is 0 Å². The van der Waals surface area contributed by atoms with Crippen LogP contribution in [0.15, 0.2) is 0 Å². The maximum absolute atomic E-state index is 11.0. The Morgan fingerprint density at radius 3 is 2.73 bits per heavy atom. The van der Waals surface area contributed by atoms with Crippen LogP contribution >= 0.6 is 0 Å². The van der Waals surface area contributed by atoms with E-state index in [-0.39, 0.29) is 5.41 Å². The van der Waals surface area contributed by atoms with Crippen LogP contribution in [0.4, 0.5) is 0 Å². The van der Waals surface area contributed by atoms with E-state index in [1.165, 1.54) is 6.26 Å². The third kappa shape index (κ3) is 1.29. The zero-order chi connectivity index (χ0) is 8.11. The summed E-state index contributed by atoms with van der Waals surface area (Å²) in [6.07, 6.45) is 2.45. The first-order valence-electron chi connectivity index (χ1n) is 3.90. The van der Waals surface area contributed by atoms with Gasteiger partial charge in [-0.1, -0.05) is 0 Å². The quantitative estimate of drug-likeness (QED) is 0.623. The van der Waals surface area contributed by atoms with Crippen LogP contribution in [0.3, 0.4) is 0 Å². The van der Waals surface area contributed by atoms with Gasteiger partial charge in [-0.3, -0.25) is 0 Å². The molecule has 1 aliphatic heterocycles. The molecule has 1 aliphatic carbocycles. The van der Waals surface area contributed by atoms with E-state index in [4.69, 9.17) is 0 Å². The molecule has 1 N–H and O–H groups in total. The topological polar surface area (TPSA) is 46.2 Å². The molecular formula is C7H13NO2S.